The summed E-state index contributed by atoms with van der Waals surface area (Å²) < 4.78 is 27.5. The summed E-state index contributed by atoms with van der Waals surface area (Å²) >= 11 is 4.29. The summed E-state index contributed by atoms with van der Waals surface area (Å²) in [6, 6.07) is 7.93. The average Bonchev–Trinajstić information content (AvgIpc) is 2.85. The van der Waals surface area contributed by atoms with E-state index in [9.17, 15) is 8.42 Å². The van der Waals surface area contributed by atoms with Gasteiger partial charge in [-0.05, 0) is 39.5 Å². The Morgan fingerprint density at radius 3 is 2.75 bits per heavy atom. The van der Waals surface area contributed by atoms with E-state index in [0.29, 0.717) is 15.7 Å². The molecule has 9 heteroatoms. The number of rotatable bonds is 4. The maximum Gasteiger partial charge on any atom is 0.272 e. The SMILES string of the molecule is NC(=NO)c1cccc(NS(=O)(=O)c2sccc2Br)c1. The van der Waals surface area contributed by atoms with E-state index in [1.165, 1.54) is 6.07 Å². The van der Waals surface area contributed by atoms with Crippen molar-refractivity contribution in [3.05, 3.63) is 45.7 Å². The van der Waals surface area contributed by atoms with Crippen molar-refractivity contribution in [3.8, 4) is 0 Å². The minimum absolute atomic E-state index is 0.0941. The number of anilines is 1. The fourth-order valence-corrected chi connectivity index (χ4v) is 4.86. The summed E-state index contributed by atoms with van der Waals surface area (Å²) in [5.74, 6) is -0.0941. The Morgan fingerprint density at radius 2 is 2.15 bits per heavy atom. The van der Waals surface area contributed by atoms with Gasteiger partial charge in [-0.1, -0.05) is 17.3 Å². The van der Waals surface area contributed by atoms with Crippen LogP contribution in [0.25, 0.3) is 0 Å². The van der Waals surface area contributed by atoms with Crippen LogP contribution in [0.3, 0.4) is 0 Å². The van der Waals surface area contributed by atoms with Crippen LogP contribution in [0.1, 0.15) is 5.56 Å². The highest BCUT2D eigenvalue weighted by atomic mass is 79.9. The number of nitrogens with zero attached hydrogens (tertiary/aromatic N) is 1. The number of nitrogens with one attached hydrogen (secondary N) is 1. The van der Waals surface area contributed by atoms with E-state index in [2.05, 4.69) is 25.8 Å². The van der Waals surface area contributed by atoms with E-state index in [1.54, 1.807) is 29.6 Å². The van der Waals surface area contributed by atoms with Crippen LogP contribution in [0, 0.1) is 0 Å². The summed E-state index contributed by atoms with van der Waals surface area (Å²) in [7, 11) is -3.67. The molecule has 0 aliphatic heterocycles. The van der Waals surface area contributed by atoms with Crippen LogP contribution < -0.4 is 10.5 Å². The number of nitrogens with two attached hydrogens (primary N) is 1. The highest BCUT2D eigenvalue weighted by molar-refractivity contribution is 9.10. The quantitative estimate of drug-likeness (QED) is 0.330. The predicted molar refractivity (Wildman–Crippen MR) is 81.8 cm³/mol. The number of oxime groups is 1. The van der Waals surface area contributed by atoms with E-state index in [0.717, 1.165) is 11.3 Å². The van der Waals surface area contributed by atoms with Crippen molar-refractivity contribution in [3.63, 3.8) is 0 Å². The van der Waals surface area contributed by atoms with Crippen molar-refractivity contribution < 1.29 is 13.6 Å². The molecule has 0 saturated carbocycles. The second-order valence-corrected chi connectivity index (χ2v) is 7.38. The maximum atomic E-state index is 12.2. The molecule has 106 valence electrons. The lowest BCUT2D eigenvalue weighted by atomic mass is 10.2. The summed E-state index contributed by atoms with van der Waals surface area (Å²) in [6.07, 6.45) is 0. The Morgan fingerprint density at radius 1 is 1.40 bits per heavy atom. The Kier molecular flexibility index (Phi) is 4.31. The normalized spacial score (nSPS) is 12.3. The summed E-state index contributed by atoms with van der Waals surface area (Å²) in [5.41, 5.74) is 6.21. The zero-order valence-corrected chi connectivity index (χ0v) is 13.2. The van der Waals surface area contributed by atoms with Crippen LogP contribution in [0.4, 0.5) is 5.69 Å². The van der Waals surface area contributed by atoms with E-state index >= 15 is 0 Å². The summed E-state index contributed by atoms with van der Waals surface area (Å²) in [6.45, 7) is 0. The van der Waals surface area contributed by atoms with E-state index < -0.39 is 10.0 Å². The van der Waals surface area contributed by atoms with Crippen LogP contribution in [0.5, 0.6) is 0 Å². The first-order valence-corrected chi connectivity index (χ1v) is 8.43. The number of hydrogen-bond donors (Lipinski definition) is 3. The van der Waals surface area contributed by atoms with Gasteiger partial charge in [0.2, 0.25) is 0 Å². The van der Waals surface area contributed by atoms with Gasteiger partial charge in [0, 0.05) is 15.7 Å². The van der Waals surface area contributed by atoms with Gasteiger partial charge in [-0.3, -0.25) is 4.72 Å². The molecule has 2 aromatic rings. The minimum atomic E-state index is -3.67. The average molecular weight is 376 g/mol. The second kappa shape index (κ2) is 5.81. The third kappa shape index (κ3) is 3.11. The number of benzene rings is 1. The van der Waals surface area contributed by atoms with Crippen LogP contribution in [0.2, 0.25) is 0 Å². The fraction of sp³-hybridized carbons (Fsp3) is 0. The number of sulfonamides is 1. The molecular formula is C11H10BrN3O3S2. The smallest absolute Gasteiger partial charge is 0.272 e. The number of thiophene rings is 1. The van der Waals surface area contributed by atoms with Gasteiger partial charge >= 0.3 is 0 Å². The standard InChI is InChI=1S/C11H10BrN3O3S2/c12-9-4-5-19-11(9)20(17,18)15-8-3-1-2-7(6-8)10(13)14-16/h1-6,15-16H,(H2,13,14). The molecule has 1 aromatic carbocycles. The van der Waals surface area contributed by atoms with Crippen LogP contribution in [0.15, 0.2) is 49.5 Å². The molecular weight excluding hydrogens is 366 g/mol. The molecule has 0 aliphatic carbocycles. The number of halogens is 1. The topological polar surface area (TPSA) is 105 Å². The first-order chi connectivity index (χ1) is 9.44. The Balaban J connectivity index is 2.33. The molecule has 0 aliphatic rings. The highest BCUT2D eigenvalue weighted by Crippen LogP contribution is 2.29. The Hall–Kier alpha value is -1.58. The number of hydrogen-bond acceptors (Lipinski definition) is 5. The summed E-state index contributed by atoms with van der Waals surface area (Å²) in [4.78, 5) is 0. The van der Waals surface area contributed by atoms with Gasteiger partial charge in [0.15, 0.2) is 10.0 Å². The largest absolute Gasteiger partial charge is 0.409 e. The van der Waals surface area contributed by atoms with Crippen molar-refractivity contribution in [1.29, 1.82) is 0 Å². The minimum Gasteiger partial charge on any atom is -0.409 e. The van der Waals surface area contributed by atoms with Gasteiger partial charge in [0.1, 0.15) is 0 Å². The fourth-order valence-electron chi connectivity index (χ4n) is 1.47. The third-order valence-electron chi connectivity index (χ3n) is 2.35. The van der Waals surface area contributed by atoms with Gasteiger partial charge in [0.05, 0.1) is 0 Å². The van der Waals surface area contributed by atoms with Crippen molar-refractivity contribution in [2.24, 2.45) is 10.9 Å². The van der Waals surface area contributed by atoms with Crippen LogP contribution in [-0.4, -0.2) is 19.5 Å². The Bertz CT molecular complexity index is 756. The molecule has 2 rings (SSSR count). The molecule has 0 saturated heterocycles. The van der Waals surface area contributed by atoms with Gasteiger partial charge < -0.3 is 10.9 Å². The number of amidine groups is 1. The van der Waals surface area contributed by atoms with Crippen LogP contribution in [-0.2, 0) is 10.0 Å². The molecule has 6 nitrogen and oxygen atoms in total. The zero-order valence-electron chi connectivity index (χ0n) is 9.95. The molecule has 1 heterocycles. The summed E-state index contributed by atoms with van der Waals surface area (Å²) in [5, 5.41) is 13.2. The van der Waals surface area contributed by atoms with Crippen molar-refractivity contribution in [1.82, 2.24) is 0 Å². The van der Waals surface area contributed by atoms with E-state index in [-0.39, 0.29) is 10.0 Å². The van der Waals surface area contributed by atoms with E-state index in [4.69, 9.17) is 10.9 Å². The van der Waals surface area contributed by atoms with Gasteiger partial charge in [-0.25, -0.2) is 8.42 Å². The highest BCUT2D eigenvalue weighted by Gasteiger charge is 2.19. The first kappa shape index (κ1) is 14.8. The third-order valence-corrected chi connectivity index (χ3v) is 6.40. The van der Waals surface area contributed by atoms with Gasteiger partial charge in [0.25, 0.3) is 10.0 Å². The second-order valence-electron chi connectivity index (χ2n) is 3.73. The molecule has 0 amide bonds. The lowest BCUT2D eigenvalue weighted by molar-refractivity contribution is 0.318. The zero-order chi connectivity index (χ0) is 14.8. The molecule has 0 bridgehead atoms. The van der Waals surface area contributed by atoms with Crippen LogP contribution >= 0.6 is 27.3 Å². The monoisotopic (exact) mass is 375 g/mol. The molecule has 0 atom stereocenters. The van der Waals surface area contributed by atoms with Gasteiger partial charge in [-0.15, -0.1) is 11.3 Å². The molecule has 1 aromatic heterocycles. The lowest BCUT2D eigenvalue weighted by Crippen LogP contribution is -2.15. The van der Waals surface area contributed by atoms with E-state index in [1.807, 2.05) is 0 Å². The molecule has 4 N–H and O–H groups in total. The molecule has 0 unspecified atom stereocenters. The lowest BCUT2D eigenvalue weighted by Gasteiger charge is -2.08. The first-order valence-electron chi connectivity index (χ1n) is 5.28. The molecule has 20 heavy (non-hydrogen) atoms. The molecule has 0 spiro atoms. The van der Waals surface area contributed by atoms with Crippen molar-refractivity contribution in [2.75, 3.05) is 4.72 Å². The van der Waals surface area contributed by atoms with Crippen molar-refractivity contribution >= 4 is 48.8 Å². The molecule has 0 fully saturated rings. The maximum absolute atomic E-state index is 12.2. The Labute approximate surface area is 128 Å². The van der Waals surface area contributed by atoms with Gasteiger partial charge in [-0.2, -0.15) is 0 Å². The van der Waals surface area contributed by atoms with Crippen molar-refractivity contribution in [2.45, 2.75) is 4.21 Å². The predicted octanol–water partition coefficient (Wildman–Crippen LogP) is 2.41. The molecule has 0 radical (unpaired) electrons.